The Balaban J connectivity index is 1.56. The third-order valence-electron chi connectivity index (χ3n) is 3.74. The van der Waals surface area contributed by atoms with Gasteiger partial charge < -0.3 is 25.0 Å². The van der Waals surface area contributed by atoms with Crippen LogP contribution in [-0.4, -0.2) is 61.4 Å². The second kappa shape index (κ2) is 6.66. The highest BCUT2D eigenvalue weighted by Crippen LogP contribution is 2.23. The fourth-order valence-electron chi connectivity index (χ4n) is 2.59. The summed E-state index contributed by atoms with van der Waals surface area (Å²) in [6, 6.07) is 0. The van der Waals surface area contributed by atoms with Gasteiger partial charge in [0.1, 0.15) is 0 Å². The van der Waals surface area contributed by atoms with Crippen LogP contribution in [0.2, 0.25) is 0 Å². The fourth-order valence-corrected chi connectivity index (χ4v) is 2.59. The largest absolute Gasteiger partial charge is 0.394 e. The monoisotopic (exact) mass is 245 g/mol. The molecule has 2 heterocycles. The van der Waals surface area contributed by atoms with Crippen molar-refractivity contribution in [2.75, 3.05) is 32.9 Å². The Bertz CT molecular complexity index is 227. The lowest BCUT2D eigenvalue weighted by atomic mass is 9.98. The first-order valence-electron chi connectivity index (χ1n) is 6.54. The van der Waals surface area contributed by atoms with E-state index in [0.717, 1.165) is 32.4 Å². The Morgan fingerprint density at radius 3 is 2.59 bits per heavy atom. The van der Waals surface area contributed by atoms with E-state index >= 15 is 0 Å². The second-order valence-electron chi connectivity index (χ2n) is 4.90. The standard InChI is InChI=1S/C12H23NO4/c14-8-12-9(2-5-17-12)1-4-13-7-11-10(15)3-6-16-11/h9-15H,1-8H2/t9?,10-,11-,12-/m1/s1. The first kappa shape index (κ1) is 13.2. The molecule has 5 heteroatoms. The fraction of sp³-hybridized carbons (Fsp3) is 1.00. The molecule has 4 atom stereocenters. The zero-order valence-electron chi connectivity index (χ0n) is 10.2. The smallest absolute Gasteiger partial charge is 0.0958 e. The predicted molar refractivity (Wildman–Crippen MR) is 62.8 cm³/mol. The van der Waals surface area contributed by atoms with Crippen LogP contribution >= 0.6 is 0 Å². The van der Waals surface area contributed by atoms with E-state index in [1.165, 1.54) is 0 Å². The van der Waals surface area contributed by atoms with Gasteiger partial charge in [-0.25, -0.2) is 0 Å². The van der Waals surface area contributed by atoms with E-state index in [4.69, 9.17) is 14.6 Å². The second-order valence-corrected chi connectivity index (χ2v) is 4.90. The maximum Gasteiger partial charge on any atom is 0.0958 e. The van der Waals surface area contributed by atoms with E-state index in [1.807, 2.05) is 0 Å². The van der Waals surface area contributed by atoms with Gasteiger partial charge in [0.05, 0.1) is 24.9 Å². The summed E-state index contributed by atoms with van der Waals surface area (Å²) in [6.07, 6.45) is 2.44. The molecule has 17 heavy (non-hydrogen) atoms. The summed E-state index contributed by atoms with van der Waals surface area (Å²) >= 11 is 0. The highest BCUT2D eigenvalue weighted by molar-refractivity contribution is 4.79. The molecule has 2 fully saturated rings. The predicted octanol–water partition coefficient (Wildman–Crippen LogP) is -0.487. The minimum absolute atomic E-state index is 0.0186. The van der Waals surface area contributed by atoms with Gasteiger partial charge in [-0.1, -0.05) is 0 Å². The normalized spacial score (nSPS) is 37.8. The van der Waals surface area contributed by atoms with Crippen molar-refractivity contribution in [1.29, 1.82) is 0 Å². The molecule has 2 aliphatic heterocycles. The van der Waals surface area contributed by atoms with E-state index in [0.29, 0.717) is 19.1 Å². The van der Waals surface area contributed by atoms with Gasteiger partial charge in [-0.05, 0) is 31.7 Å². The Labute approximate surface area is 102 Å². The number of hydrogen-bond acceptors (Lipinski definition) is 5. The Morgan fingerprint density at radius 1 is 1.12 bits per heavy atom. The van der Waals surface area contributed by atoms with Crippen molar-refractivity contribution < 1.29 is 19.7 Å². The van der Waals surface area contributed by atoms with Crippen LogP contribution in [0, 0.1) is 5.92 Å². The highest BCUT2D eigenvalue weighted by Gasteiger charge is 2.28. The SMILES string of the molecule is OC[C@H]1OCCC1CCNC[C@H]1OCC[C@H]1O. The number of ether oxygens (including phenoxy) is 2. The van der Waals surface area contributed by atoms with Crippen molar-refractivity contribution in [2.45, 2.75) is 37.6 Å². The minimum atomic E-state index is -0.317. The third-order valence-corrected chi connectivity index (χ3v) is 3.74. The van der Waals surface area contributed by atoms with Gasteiger partial charge in [0, 0.05) is 19.8 Å². The molecule has 0 aromatic heterocycles. The molecule has 0 aliphatic carbocycles. The van der Waals surface area contributed by atoms with Gasteiger partial charge in [-0.2, -0.15) is 0 Å². The molecule has 0 aromatic carbocycles. The zero-order valence-corrected chi connectivity index (χ0v) is 10.2. The van der Waals surface area contributed by atoms with Crippen LogP contribution in [0.3, 0.4) is 0 Å². The van der Waals surface area contributed by atoms with Crippen LogP contribution in [0.4, 0.5) is 0 Å². The van der Waals surface area contributed by atoms with Crippen molar-refractivity contribution in [3.63, 3.8) is 0 Å². The molecule has 2 aliphatic rings. The van der Waals surface area contributed by atoms with Crippen molar-refractivity contribution >= 4 is 0 Å². The number of aliphatic hydroxyl groups excluding tert-OH is 2. The Hall–Kier alpha value is -0.200. The summed E-state index contributed by atoms with van der Waals surface area (Å²) in [5.74, 6) is 0.460. The summed E-state index contributed by atoms with van der Waals surface area (Å²) in [4.78, 5) is 0. The molecular weight excluding hydrogens is 222 g/mol. The Morgan fingerprint density at radius 2 is 1.88 bits per heavy atom. The van der Waals surface area contributed by atoms with E-state index < -0.39 is 0 Å². The van der Waals surface area contributed by atoms with Crippen molar-refractivity contribution in [2.24, 2.45) is 5.92 Å². The first-order valence-corrected chi connectivity index (χ1v) is 6.54. The average molecular weight is 245 g/mol. The van der Waals surface area contributed by atoms with Gasteiger partial charge >= 0.3 is 0 Å². The summed E-state index contributed by atoms with van der Waals surface area (Å²) in [5, 5.41) is 22.0. The maximum atomic E-state index is 9.56. The number of aliphatic hydroxyl groups is 2. The van der Waals surface area contributed by atoms with E-state index in [1.54, 1.807) is 0 Å². The van der Waals surface area contributed by atoms with Crippen LogP contribution < -0.4 is 5.32 Å². The lowest BCUT2D eigenvalue weighted by Gasteiger charge is -2.18. The molecule has 0 radical (unpaired) electrons. The average Bonchev–Trinajstić information content (AvgIpc) is 2.93. The lowest BCUT2D eigenvalue weighted by molar-refractivity contribution is 0.0353. The topological polar surface area (TPSA) is 71.0 Å². The number of nitrogens with one attached hydrogen (secondary N) is 1. The van der Waals surface area contributed by atoms with Crippen LogP contribution in [0.1, 0.15) is 19.3 Å². The maximum absolute atomic E-state index is 9.56. The molecule has 5 nitrogen and oxygen atoms in total. The quantitative estimate of drug-likeness (QED) is 0.551. The number of rotatable bonds is 6. The van der Waals surface area contributed by atoms with Crippen molar-refractivity contribution in [3.05, 3.63) is 0 Å². The van der Waals surface area contributed by atoms with Gasteiger partial charge in [-0.15, -0.1) is 0 Å². The van der Waals surface area contributed by atoms with Crippen LogP contribution in [0.5, 0.6) is 0 Å². The van der Waals surface area contributed by atoms with Crippen LogP contribution in [-0.2, 0) is 9.47 Å². The van der Waals surface area contributed by atoms with Crippen LogP contribution in [0.15, 0.2) is 0 Å². The lowest BCUT2D eigenvalue weighted by Crippen LogP contribution is -2.35. The number of hydrogen-bond donors (Lipinski definition) is 3. The van der Waals surface area contributed by atoms with E-state index in [2.05, 4.69) is 5.32 Å². The molecule has 1 unspecified atom stereocenters. The summed E-state index contributed by atoms with van der Waals surface area (Å²) < 4.78 is 10.8. The minimum Gasteiger partial charge on any atom is -0.394 e. The summed E-state index contributed by atoms with van der Waals surface area (Å²) in [7, 11) is 0. The molecule has 0 aromatic rings. The van der Waals surface area contributed by atoms with Crippen LogP contribution in [0.25, 0.3) is 0 Å². The summed E-state index contributed by atoms with van der Waals surface area (Å²) in [6.45, 7) is 3.14. The summed E-state index contributed by atoms with van der Waals surface area (Å²) in [5.41, 5.74) is 0. The van der Waals surface area contributed by atoms with Crippen molar-refractivity contribution in [1.82, 2.24) is 5.32 Å². The Kier molecular flexibility index (Phi) is 5.18. The third kappa shape index (κ3) is 3.63. The highest BCUT2D eigenvalue weighted by atomic mass is 16.5. The molecule has 0 saturated carbocycles. The van der Waals surface area contributed by atoms with E-state index in [-0.39, 0.29) is 24.9 Å². The molecular formula is C12H23NO4. The first-order chi connectivity index (χ1) is 8.31. The van der Waals surface area contributed by atoms with Gasteiger partial charge in [0.15, 0.2) is 0 Å². The van der Waals surface area contributed by atoms with Crippen molar-refractivity contribution in [3.8, 4) is 0 Å². The molecule has 0 amide bonds. The van der Waals surface area contributed by atoms with Gasteiger partial charge in [0.25, 0.3) is 0 Å². The molecule has 2 rings (SSSR count). The zero-order chi connectivity index (χ0) is 12.1. The molecule has 3 N–H and O–H groups in total. The molecule has 2 saturated heterocycles. The van der Waals surface area contributed by atoms with E-state index in [9.17, 15) is 5.11 Å². The molecule has 0 bridgehead atoms. The molecule has 0 spiro atoms. The molecule has 100 valence electrons. The van der Waals surface area contributed by atoms with Gasteiger partial charge in [0.2, 0.25) is 0 Å². The van der Waals surface area contributed by atoms with Gasteiger partial charge in [-0.3, -0.25) is 0 Å².